The lowest BCUT2D eigenvalue weighted by molar-refractivity contribution is -0.125. The van der Waals surface area contributed by atoms with Gasteiger partial charge >= 0.3 is 0 Å². The molecule has 0 radical (unpaired) electrons. The number of nitrogens with zero attached hydrogens (tertiary/aromatic N) is 1. The molecule has 0 aliphatic carbocycles. The highest BCUT2D eigenvalue weighted by molar-refractivity contribution is 6.36. The lowest BCUT2D eigenvalue weighted by Crippen LogP contribution is -2.36. The molecule has 1 fully saturated rings. The maximum absolute atomic E-state index is 12.6. The topological polar surface area (TPSA) is 70.7 Å². The maximum Gasteiger partial charge on any atom is 0.243 e. The Labute approximate surface area is 206 Å². The minimum atomic E-state index is -0.470. The minimum absolute atomic E-state index is 0.105. The standard InChI is InChI=1S/C24H20Cl3N3O3/c25-16-7-9-18(10-8-16)30-13-15(11-23(30)31)24(32)29-28-17-3-1-4-19(12-17)33-14-20-21(26)5-2-6-22(20)27/h1-10,12,15,28H,11,13-14H2,(H,29,32)/t15-/m0/s1. The third kappa shape index (κ3) is 5.71. The van der Waals surface area contributed by atoms with Crippen LogP contribution < -0.4 is 20.5 Å². The Kier molecular flexibility index (Phi) is 7.28. The number of hydrogen-bond donors (Lipinski definition) is 2. The zero-order valence-electron chi connectivity index (χ0n) is 17.4. The number of rotatable bonds is 7. The normalized spacial score (nSPS) is 15.4. The molecule has 2 amide bonds. The van der Waals surface area contributed by atoms with Crippen LogP contribution in [0.5, 0.6) is 5.75 Å². The molecule has 3 aromatic carbocycles. The van der Waals surface area contributed by atoms with Gasteiger partial charge in [-0.25, -0.2) is 0 Å². The number of hydrazine groups is 1. The molecule has 0 aromatic heterocycles. The van der Waals surface area contributed by atoms with E-state index in [0.717, 1.165) is 5.69 Å². The fourth-order valence-electron chi connectivity index (χ4n) is 3.48. The maximum atomic E-state index is 12.6. The smallest absolute Gasteiger partial charge is 0.243 e. The molecule has 3 aromatic rings. The fourth-order valence-corrected chi connectivity index (χ4v) is 4.11. The number of anilines is 2. The van der Waals surface area contributed by atoms with Gasteiger partial charge < -0.3 is 9.64 Å². The monoisotopic (exact) mass is 503 g/mol. The number of carbonyl (C=O) groups excluding carboxylic acids is 2. The summed E-state index contributed by atoms with van der Waals surface area (Å²) in [5, 5.41) is 1.65. The second-order valence-corrected chi connectivity index (χ2v) is 8.76. The summed E-state index contributed by atoms with van der Waals surface area (Å²) >= 11 is 18.3. The zero-order valence-corrected chi connectivity index (χ0v) is 19.6. The number of benzene rings is 3. The quantitative estimate of drug-likeness (QED) is 0.404. The SMILES string of the molecule is O=C(NNc1cccc(OCc2c(Cl)cccc2Cl)c1)[C@H]1CC(=O)N(c2ccc(Cl)cc2)C1. The first-order valence-corrected chi connectivity index (χ1v) is 11.3. The van der Waals surface area contributed by atoms with E-state index in [1.54, 1.807) is 71.6 Å². The number of hydrogen-bond acceptors (Lipinski definition) is 4. The Hall–Kier alpha value is -2.93. The van der Waals surface area contributed by atoms with Crippen molar-refractivity contribution in [2.75, 3.05) is 16.9 Å². The van der Waals surface area contributed by atoms with Crippen molar-refractivity contribution in [3.63, 3.8) is 0 Å². The minimum Gasteiger partial charge on any atom is -0.489 e. The first kappa shape index (κ1) is 23.2. The summed E-state index contributed by atoms with van der Waals surface area (Å²) in [4.78, 5) is 26.6. The van der Waals surface area contributed by atoms with Gasteiger partial charge in [0.1, 0.15) is 12.4 Å². The summed E-state index contributed by atoms with van der Waals surface area (Å²) < 4.78 is 5.80. The van der Waals surface area contributed by atoms with Crippen LogP contribution in [-0.2, 0) is 16.2 Å². The number of ether oxygens (including phenoxy) is 1. The third-order valence-corrected chi connectivity index (χ3v) is 6.20. The molecule has 33 heavy (non-hydrogen) atoms. The summed E-state index contributed by atoms with van der Waals surface area (Å²) in [6, 6.07) is 19.3. The lowest BCUT2D eigenvalue weighted by Gasteiger charge is -2.17. The van der Waals surface area contributed by atoms with Crippen LogP contribution in [0, 0.1) is 5.92 Å². The van der Waals surface area contributed by atoms with E-state index in [2.05, 4.69) is 10.9 Å². The Morgan fingerprint density at radius 1 is 1.00 bits per heavy atom. The van der Waals surface area contributed by atoms with Crippen molar-refractivity contribution < 1.29 is 14.3 Å². The van der Waals surface area contributed by atoms with Gasteiger partial charge in [-0.1, -0.05) is 46.9 Å². The average molecular weight is 505 g/mol. The largest absolute Gasteiger partial charge is 0.489 e. The van der Waals surface area contributed by atoms with Gasteiger partial charge in [0.25, 0.3) is 0 Å². The van der Waals surface area contributed by atoms with E-state index < -0.39 is 5.92 Å². The second-order valence-electron chi connectivity index (χ2n) is 7.51. The van der Waals surface area contributed by atoms with Crippen LogP contribution in [0.15, 0.2) is 66.7 Å². The van der Waals surface area contributed by atoms with Crippen molar-refractivity contribution in [2.24, 2.45) is 5.92 Å². The van der Waals surface area contributed by atoms with E-state index in [0.29, 0.717) is 38.6 Å². The Bertz CT molecular complexity index is 1150. The van der Waals surface area contributed by atoms with Crippen molar-refractivity contribution in [1.29, 1.82) is 0 Å². The van der Waals surface area contributed by atoms with Gasteiger partial charge in [0.15, 0.2) is 0 Å². The van der Waals surface area contributed by atoms with Crippen LogP contribution in [0.4, 0.5) is 11.4 Å². The Morgan fingerprint density at radius 2 is 1.70 bits per heavy atom. The van der Waals surface area contributed by atoms with Gasteiger partial charge in [0.05, 0.1) is 11.6 Å². The molecule has 0 unspecified atom stereocenters. The van der Waals surface area contributed by atoms with E-state index in [1.165, 1.54) is 0 Å². The lowest BCUT2D eigenvalue weighted by atomic mass is 10.1. The highest BCUT2D eigenvalue weighted by atomic mass is 35.5. The van der Waals surface area contributed by atoms with Crippen molar-refractivity contribution >= 4 is 58.0 Å². The van der Waals surface area contributed by atoms with Gasteiger partial charge in [-0.15, -0.1) is 0 Å². The molecule has 6 nitrogen and oxygen atoms in total. The molecular formula is C24H20Cl3N3O3. The Balaban J connectivity index is 1.32. The molecule has 0 saturated carbocycles. The molecule has 1 saturated heterocycles. The van der Waals surface area contributed by atoms with Gasteiger partial charge in [0, 0.05) is 45.4 Å². The molecule has 1 atom stereocenters. The Morgan fingerprint density at radius 3 is 2.42 bits per heavy atom. The summed E-state index contributed by atoms with van der Waals surface area (Å²) in [5.74, 6) is -0.266. The molecular weight excluding hydrogens is 485 g/mol. The van der Waals surface area contributed by atoms with Gasteiger partial charge in [0.2, 0.25) is 11.8 Å². The van der Waals surface area contributed by atoms with Crippen molar-refractivity contribution in [3.05, 3.63) is 87.4 Å². The van der Waals surface area contributed by atoms with E-state index in [4.69, 9.17) is 39.5 Å². The van der Waals surface area contributed by atoms with Gasteiger partial charge in [-0.05, 0) is 48.5 Å². The first-order chi connectivity index (χ1) is 15.9. The number of carbonyl (C=O) groups is 2. The van der Waals surface area contributed by atoms with Crippen molar-refractivity contribution in [1.82, 2.24) is 5.43 Å². The number of halogens is 3. The molecule has 2 N–H and O–H groups in total. The molecule has 0 spiro atoms. The predicted molar refractivity (Wildman–Crippen MR) is 131 cm³/mol. The summed E-state index contributed by atoms with van der Waals surface area (Å²) in [5.41, 5.74) is 7.60. The fraction of sp³-hybridized carbons (Fsp3) is 0.167. The molecule has 1 heterocycles. The molecule has 0 bridgehead atoms. The third-order valence-electron chi connectivity index (χ3n) is 5.24. The number of nitrogens with one attached hydrogen (secondary N) is 2. The van der Waals surface area contributed by atoms with Crippen LogP contribution in [-0.4, -0.2) is 18.4 Å². The predicted octanol–water partition coefficient (Wildman–Crippen LogP) is 5.72. The molecule has 170 valence electrons. The molecule has 9 heteroatoms. The van der Waals surface area contributed by atoms with E-state index in [-0.39, 0.29) is 24.8 Å². The number of amides is 2. The average Bonchev–Trinajstić information content (AvgIpc) is 3.19. The van der Waals surface area contributed by atoms with E-state index in [1.807, 2.05) is 0 Å². The van der Waals surface area contributed by atoms with Crippen LogP contribution in [0.2, 0.25) is 15.1 Å². The van der Waals surface area contributed by atoms with Gasteiger partial charge in [-0.3, -0.25) is 20.4 Å². The van der Waals surface area contributed by atoms with E-state index >= 15 is 0 Å². The highest BCUT2D eigenvalue weighted by Gasteiger charge is 2.35. The summed E-state index contributed by atoms with van der Waals surface area (Å²) in [6.45, 7) is 0.509. The second kappa shape index (κ2) is 10.3. The first-order valence-electron chi connectivity index (χ1n) is 10.2. The molecule has 4 rings (SSSR count). The highest BCUT2D eigenvalue weighted by Crippen LogP contribution is 2.28. The van der Waals surface area contributed by atoms with Crippen LogP contribution in [0.1, 0.15) is 12.0 Å². The van der Waals surface area contributed by atoms with Crippen LogP contribution in [0.3, 0.4) is 0 Å². The van der Waals surface area contributed by atoms with Crippen LogP contribution in [0.25, 0.3) is 0 Å². The summed E-state index contributed by atoms with van der Waals surface area (Å²) in [6.07, 6.45) is 0.137. The van der Waals surface area contributed by atoms with Crippen LogP contribution >= 0.6 is 34.8 Å². The van der Waals surface area contributed by atoms with Crippen molar-refractivity contribution in [3.8, 4) is 5.75 Å². The zero-order chi connectivity index (χ0) is 23.4. The summed E-state index contributed by atoms with van der Waals surface area (Å²) in [7, 11) is 0. The van der Waals surface area contributed by atoms with E-state index in [9.17, 15) is 9.59 Å². The van der Waals surface area contributed by atoms with Crippen molar-refractivity contribution in [2.45, 2.75) is 13.0 Å². The van der Waals surface area contributed by atoms with Gasteiger partial charge in [-0.2, -0.15) is 0 Å². The molecule has 1 aliphatic rings. The molecule has 1 aliphatic heterocycles.